The lowest BCUT2D eigenvalue weighted by molar-refractivity contribution is -0.0427. The van der Waals surface area contributed by atoms with Gasteiger partial charge in [0.2, 0.25) is 14.5 Å². The fourth-order valence-corrected chi connectivity index (χ4v) is 7.40. The molecule has 5 unspecified atom stereocenters. The number of unbranched alkanes of at least 4 members (excludes halogenated alkanes) is 1. The van der Waals surface area contributed by atoms with Gasteiger partial charge < -0.3 is 39.4 Å². The van der Waals surface area contributed by atoms with E-state index in [1.54, 1.807) is 0 Å². The Bertz CT molecular complexity index is 1650. The molecule has 0 aliphatic carbocycles. The van der Waals surface area contributed by atoms with Crippen molar-refractivity contribution in [2.24, 2.45) is 0 Å². The quantitative estimate of drug-likeness (QED) is 0.0582. The lowest BCUT2D eigenvalue weighted by Crippen LogP contribution is -2.31. The van der Waals surface area contributed by atoms with Gasteiger partial charge in [0.15, 0.2) is 58.8 Å². The molecule has 0 spiro atoms. The number of nitrogens with one attached hydrogen (secondary N) is 2. The zero-order valence-electron chi connectivity index (χ0n) is 24.7. The topological polar surface area (TPSA) is 223 Å². The lowest BCUT2D eigenvalue weighted by Gasteiger charge is -2.16. The van der Waals surface area contributed by atoms with Gasteiger partial charge in [0.05, 0.1) is 25.9 Å². The van der Waals surface area contributed by atoms with Crippen LogP contribution in [0.4, 0.5) is 20.4 Å². The van der Waals surface area contributed by atoms with Crippen molar-refractivity contribution in [2.45, 2.75) is 62.1 Å². The number of rotatable bonds is 15. The summed E-state index contributed by atoms with van der Waals surface area (Å²) in [7, 11) is -5.57. The molecular weight excluding hydrogens is 720 g/mol. The maximum absolute atomic E-state index is 15.2. The number of imidazole rings is 2. The highest BCUT2D eigenvalue weighted by Crippen LogP contribution is 2.42. The summed E-state index contributed by atoms with van der Waals surface area (Å²) < 4.78 is 77.7. The van der Waals surface area contributed by atoms with Crippen LogP contribution in [0.1, 0.15) is 25.3 Å². The summed E-state index contributed by atoms with van der Waals surface area (Å²) in [6.45, 7) is -0.0789. The first-order chi connectivity index (χ1) is 23.2. The fraction of sp³-hybridized carbons (Fsp3) is 0.583. The number of aromatic nitrogens is 8. The van der Waals surface area contributed by atoms with Gasteiger partial charge in [-0.2, -0.15) is 0 Å². The third-order valence-corrected chi connectivity index (χ3v) is 9.40. The van der Waals surface area contributed by atoms with Crippen LogP contribution in [0.5, 0.6) is 0 Å². The van der Waals surface area contributed by atoms with Crippen molar-refractivity contribution in [3.8, 4) is 0 Å². The number of fused-ring (bicyclic) bond motifs is 2. The minimum Gasteiger partial charge on any atom is -0.394 e. The third-order valence-electron chi connectivity index (χ3n) is 7.82. The summed E-state index contributed by atoms with van der Waals surface area (Å²) in [6, 6.07) is 0. The number of nitrogens with zero attached hydrogens (tertiary/aromatic N) is 8. The van der Waals surface area contributed by atoms with Gasteiger partial charge in [0, 0.05) is 13.1 Å². The summed E-state index contributed by atoms with van der Waals surface area (Å²) in [4.78, 5) is 25.6. The van der Waals surface area contributed by atoms with Gasteiger partial charge in [-0.1, -0.05) is 24.5 Å². The summed E-state index contributed by atoms with van der Waals surface area (Å²) in [5.41, 5.74) is 1.34. The number of thiol groups is 2. The van der Waals surface area contributed by atoms with Gasteiger partial charge in [-0.3, -0.25) is 18.3 Å². The minimum absolute atomic E-state index is 0.291. The van der Waals surface area contributed by atoms with E-state index in [0.29, 0.717) is 59.9 Å². The van der Waals surface area contributed by atoms with E-state index in [1.165, 1.54) is 34.4 Å². The van der Waals surface area contributed by atoms with Gasteiger partial charge in [-0.25, -0.2) is 38.7 Å². The molecule has 0 aromatic carbocycles. The maximum atomic E-state index is 15.2. The first-order valence-electron chi connectivity index (χ1n) is 14.6. The molecule has 262 valence electrons. The number of aliphatic hydroxyl groups is 2. The molecule has 0 radical (unpaired) electrons. The van der Waals surface area contributed by atoms with E-state index < -0.39 is 76.9 Å². The highest BCUT2D eigenvalue weighted by atomic mass is 32.7. The molecule has 18 nitrogen and oxygen atoms in total. The van der Waals surface area contributed by atoms with Gasteiger partial charge in [0.25, 0.3) is 0 Å². The number of halogens is 2. The molecule has 2 saturated heterocycles. The number of ether oxygens (including phenoxy) is 2. The molecule has 0 amide bonds. The summed E-state index contributed by atoms with van der Waals surface area (Å²) in [6.07, 6.45) is -3.92. The predicted octanol–water partition coefficient (Wildman–Crippen LogP) is 2.14. The van der Waals surface area contributed by atoms with Crippen LogP contribution in [-0.4, -0.2) is 112 Å². The fourth-order valence-electron chi connectivity index (χ4n) is 5.64. The normalized spacial score (nSPS) is 28.7. The molecule has 48 heavy (non-hydrogen) atoms. The first kappa shape index (κ1) is 35.3. The van der Waals surface area contributed by atoms with Crippen molar-refractivity contribution in [1.29, 1.82) is 0 Å². The van der Waals surface area contributed by atoms with Crippen molar-refractivity contribution in [3.05, 3.63) is 25.3 Å². The zero-order valence-corrected chi connectivity index (χ0v) is 28.5. The standard InChI is InChI=1S/C24H32F2N10O8P2S2/c25-13-17(43-45(39)47)11(5-37)41-23(13)35-9-33-15-19(29-7-31-21(15)35)27-3-1-2-4-28-20-16-22(32-8-30-20)36(10-34-16)24-14(26)18(44-46(40)48)12(6-38)42-24/h7-14,17-18,23-24,37-38,45-46H,1-6H2,(H,39,47)(H,40,48)(H,27,29,31)(H,28,30,32)/t11-,12?,13-,14-,17?,18-,23?,24-/m1/s1. The van der Waals surface area contributed by atoms with E-state index in [0.717, 1.165) is 0 Å². The molecular formula is C24H32F2N10O8P2S2. The van der Waals surface area contributed by atoms with E-state index in [9.17, 15) is 19.3 Å². The summed E-state index contributed by atoms with van der Waals surface area (Å²) in [5, 5.41) is 25.6. The lowest BCUT2D eigenvalue weighted by atomic mass is 10.1. The Morgan fingerprint density at radius 1 is 0.750 bits per heavy atom. The number of hydrogen-bond donors (Lipinski definition) is 6. The Morgan fingerprint density at radius 3 is 1.54 bits per heavy atom. The second-order valence-electron chi connectivity index (χ2n) is 10.7. The molecule has 4 N–H and O–H groups in total. The van der Waals surface area contributed by atoms with Crippen LogP contribution in [0.15, 0.2) is 25.3 Å². The van der Waals surface area contributed by atoms with Crippen molar-refractivity contribution in [2.75, 3.05) is 36.9 Å². The molecule has 6 rings (SSSR count). The van der Waals surface area contributed by atoms with E-state index in [1.807, 2.05) is 0 Å². The summed E-state index contributed by atoms with van der Waals surface area (Å²) in [5.74, 6) is 0.849. The van der Waals surface area contributed by atoms with Gasteiger partial charge in [-0.05, 0) is 12.8 Å². The van der Waals surface area contributed by atoms with E-state index in [2.05, 4.69) is 65.0 Å². The van der Waals surface area contributed by atoms with Crippen molar-refractivity contribution in [3.63, 3.8) is 0 Å². The molecule has 10 atom stereocenters. The van der Waals surface area contributed by atoms with Crippen LogP contribution in [0.25, 0.3) is 22.3 Å². The van der Waals surface area contributed by atoms with Crippen LogP contribution in [0, 0.1) is 0 Å². The number of aliphatic hydroxyl groups excluding tert-OH is 2. The molecule has 2 aliphatic heterocycles. The molecule has 6 heterocycles. The van der Waals surface area contributed by atoms with Gasteiger partial charge in [0.1, 0.15) is 37.1 Å². The molecule has 0 saturated carbocycles. The predicted molar refractivity (Wildman–Crippen MR) is 174 cm³/mol. The van der Waals surface area contributed by atoms with Crippen LogP contribution < -0.4 is 10.6 Å². The van der Waals surface area contributed by atoms with Gasteiger partial charge >= 0.3 is 0 Å². The monoisotopic (exact) mass is 752 g/mol. The smallest absolute Gasteiger partial charge is 0.243 e. The maximum Gasteiger partial charge on any atom is 0.243 e. The van der Waals surface area contributed by atoms with E-state index in [-0.39, 0.29) is 0 Å². The highest BCUT2D eigenvalue weighted by Gasteiger charge is 2.49. The average Bonchev–Trinajstić information content (AvgIpc) is 3.83. The minimum atomic E-state index is -2.79. The van der Waals surface area contributed by atoms with Crippen LogP contribution in [-0.2, 0) is 27.7 Å². The molecule has 4 aromatic rings. The van der Waals surface area contributed by atoms with Crippen molar-refractivity contribution in [1.82, 2.24) is 39.0 Å². The van der Waals surface area contributed by atoms with E-state index in [4.69, 9.17) is 18.5 Å². The second kappa shape index (κ2) is 15.6. The molecule has 2 aliphatic rings. The molecule has 2 fully saturated rings. The van der Waals surface area contributed by atoms with Gasteiger partial charge in [-0.15, -0.1) is 0 Å². The Balaban J connectivity index is 1.04. The Morgan fingerprint density at radius 2 is 1.17 bits per heavy atom. The largest absolute Gasteiger partial charge is 0.394 e. The van der Waals surface area contributed by atoms with Crippen LogP contribution >= 0.6 is 39.0 Å². The average molecular weight is 753 g/mol. The van der Waals surface area contributed by atoms with Crippen molar-refractivity contribution < 1.29 is 46.6 Å². The molecule has 0 bridgehead atoms. The van der Waals surface area contributed by atoms with E-state index >= 15 is 8.78 Å². The Kier molecular flexibility index (Phi) is 11.5. The summed E-state index contributed by atoms with van der Waals surface area (Å²) >= 11 is 7.43. The zero-order chi connectivity index (χ0) is 33.9. The SMILES string of the molecule is O=[PH](S)OC1[C@@H](F)C(n2cnc3c(NCCCCNc4ncnc5c4ncn5[C@@H]4OC(CO)[C@@H](O[PH](=O)S)[C@H]4F)ncnc32)O[C@@H]1CO. The highest BCUT2D eigenvalue weighted by molar-refractivity contribution is 8.39. The number of hydrogen-bond acceptors (Lipinski definition) is 16. The Labute approximate surface area is 282 Å². The molecule has 4 aromatic heterocycles. The number of anilines is 2. The van der Waals surface area contributed by atoms with Crippen molar-refractivity contribution >= 4 is 72.9 Å². The van der Waals surface area contributed by atoms with Crippen LogP contribution in [0.2, 0.25) is 0 Å². The second-order valence-corrected chi connectivity index (χ2v) is 14.5. The number of alkyl halides is 2. The first-order valence-corrected chi connectivity index (χ1v) is 19.9. The van der Waals surface area contributed by atoms with Crippen LogP contribution in [0.3, 0.4) is 0 Å². The third kappa shape index (κ3) is 7.19. The Hall–Kier alpha value is -2.52. The molecule has 24 heteroatoms.